The molecule has 0 aliphatic carbocycles. The predicted molar refractivity (Wildman–Crippen MR) is 68.0 cm³/mol. The minimum absolute atomic E-state index is 0.0372. The van der Waals surface area contributed by atoms with Gasteiger partial charge in [-0.15, -0.1) is 0 Å². The standard InChI is InChI=1S/C12H16ClNO3/c1-17-7-5-14(4-6-15)12-3-2-10(9-16)8-11(12)13/h2-3,8-9,15H,4-7H2,1H3. The SMILES string of the molecule is COCCN(CCO)c1ccc(C=O)cc1Cl. The van der Waals surface area contributed by atoms with Crippen LogP contribution >= 0.6 is 11.6 Å². The monoisotopic (exact) mass is 257 g/mol. The fourth-order valence-electron chi connectivity index (χ4n) is 1.53. The van der Waals surface area contributed by atoms with E-state index in [1.165, 1.54) is 0 Å². The molecule has 0 aromatic heterocycles. The number of methoxy groups -OCH3 is 1. The van der Waals surface area contributed by atoms with Crippen LogP contribution in [-0.4, -0.2) is 44.8 Å². The summed E-state index contributed by atoms with van der Waals surface area (Å²) in [5, 5.41) is 9.51. The summed E-state index contributed by atoms with van der Waals surface area (Å²) < 4.78 is 5.00. The number of aliphatic hydroxyl groups is 1. The highest BCUT2D eigenvalue weighted by atomic mass is 35.5. The Labute approximate surface area is 106 Å². The van der Waals surface area contributed by atoms with Gasteiger partial charge in [-0.05, 0) is 18.2 Å². The van der Waals surface area contributed by atoms with E-state index in [4.69, 9.17) is 21.4 Å². The molecular weight excluding hydrogens is 242 g/mol. The number of halogens is 1. The first kappa shape index (κ1) is 14.0. The molecule has 5 heteroatoms. The van der Waals surface area contributed by atoms with Gasteiger partial charge in [-0.1, -0.05) is 11.6 Å². The molecule has 94 valence electrons. The first-order chi connectivity index (χ1) is 8.22. The largest absolute Gasteiger partial charge is 0.395 e. The van der Waals surface area contributed by atoms with Crippen molar-refractivity contribution in [2.75, 3.05) is 38.3 Å². The summed E-state index contributed by atoms with van der Waals surface area (Å²) in [6.45, 7) is 1.70. The highest BCUT2D eigenvalue weighted by molar-refractivity contribution is 6.33. The first-order valence-corrected chi connectivity index (χ1v) is 5.70. The first-order valence-electron chi connectivity index (χ1n) is 5.32. The Balaban J connectivity index is 2.88. The number of carbonyl (C=O) groups excluding carboxylic acids is 1. The van der Waals surface area contributed by atoms with Crippen LogP contribution in [0, 0.1) is 0 Å². The van der Waals surface area contributed by atoms with E-state index < -0.39 is 0 Å². The number of benzene rings is 1. The quantitative estimate of drug-likeness (QED) is 0.754. The van der Waals surface area contributed by atoms with Gasteiger partial charge in [-0.2, -0.15) is 0 Å². The zero-order valence-corrected chi connectivity index (χ0v) is 10.5. The minimum atomic E-state index is 0.0372. The van der Waals surface area contributed by atoms with E-state index in [2.05, 4.69) is 0 Å². The van der Waals surface area contributed by atoms with Gasteiger partial charge < -0.3 is 14.7 Å². The van der Waals surface area contributed by atoms with Crippen molar-refractivity contribution in [3.63, 3.8) is 0 Å². The fourth-order valence-corrected chi connectivity index (χ4v) is 1.84. The van der Waals surface area contributed by atoms with Crippen LogP contribution in [0.3, 0.4) is 0 Å². The lowest BCUT2D eigenvalue weighted by molar-refractivity contribution is 0.112. The van der Waals surface area contributed by atoms with Gasteiger partial charge in [0.15, 0.2) is 0 Å². The Hall–Kier alpha value is -1.10. The molecule has 1 aromatic carbocycles. The van der Waals surface area contributed by atoms with E-state index in [0.29, 0.717) is 30.3 Å². The number of anilines is 1. The molecule has 0 aliphatic heterocycles. The van der Waals surface area contributed by atoms with Crippen LogP contribution in [0.25, 0.3) is 0 Å². The third kappa shape index (κ3) is 4.00. The smallest absolute Gasteiger partial charge is 0.150 e. The van der Waals surface area contributed by atoms with E-state index in [1.54, 1.807) is 25.3 Å². The lowest BCUT2D eigenvalue weighted by Gasteiger charge is -2.24. The van der Waals surface area contributed by atoms with Gasteiger partial charge >= 0.3 is 0 Å². The Kier molecular flexibility index (Phi) is 5.97. The van der Waals surface area contributed by atoms with E-state index in [1.807, 2.05) is 4.90 Å². The number of hydrogen-bond donors (Lipinski definition) is 1. The van der Waals surface area contributed by atoms with E-state index >= 15 is 0 Å². The van der Waals surface area contributed by atoms with Gasteiger partial charge in [0, 0.05) is 25.8 Å². The van der Waals surface area contributed by atoms with E-state index in [0.717, 1.165) is 12.0 Å². The summed E-state index contributed by atoms with van der Waals surface area (Å²) in [7, 11) is 1.62. The Morgan fingerprint density at radius 3 is 2.76 bits per heavy atom. The maximum absolute atomic E-state index is 10.6. The van der Waals surface area contributed by atoms with Crippen molar-refractivity contribution in [1.29, 1.82) is 0 Å². The van der Waals surface area contributed by atoms with Crippen LogP contribution in [0.2, 0.25) is 5.02 Å². The molecule has 0 heterocycles. The van der Waals surface area contributed by atoms with Crippen molar-refractivity contribution in [2.45, 2.75) is 0 Å². The number of hydrogen-bond acceptors (Lipinski definition) is 4. The molecule has 0 amide bonds. The molecule has 0 bridgehead atoms. The molecule has 4 nitrogen and oxygen atoms in total. The number of aliphatic hydroxyl groups excluding tert-OH is 1. The van der Waals surface area contributed by atoms with Crippen LogP contribution in [0.15, 0.2) is 18.2 Å². The molecule has 0 atom stereocenters. The lowest BCUT2D eigenvalue weighted by atomic mass is 10.2. The Morgan fingerprint density at radius 2 is 2.24 bits per heavy atom. The van der Waals surface area contributed by atoms with Gasteiger partial charge in [0.1, 0.15) is 6.29 Å². The second-order valence-corrected chi connectivity index (χ2v) is 3.94. The maximum atomic E-state index is 10.6. The molecule has 0 spiro atoms. The highest BCUT2D eigenvalue weighted by Crippen LogP contribution is 2.26. The zero-order chi connectivity index (χ0) is 12.7. The van der Waals surface area contributed by atoms with Crippen molar-refractivity contribution in [1.82, 2.24) is 0 Å². The van der Waals surface area contributed by atoms with Gasteiger partial charge in [0.25, 0.3) is 0 Å². The van der Waals surface area contributed by atoms with Gasteiger partial charge in [-0.25, -0.2) is 0 Å². The summed E-state index contributed by atoms with van der Waals surface area (Å²) in [4.78, 5) is 12.5. The van der Waals surface area contributed by atoms with Crippen molar-refractivity contribution >= 4 is 23.6 Å². The molecule has 1 N–H and O–H groups in total. The van der Waals surface area contributed by atoms with Crippen LogP contribution in [0.5, 0.6) is 0 Å². The average Bonchev–Trinajstić information content (AvgIpc) is 2.34. The van der Waals surface area contributed by atoms with Crippen molar-refractivity contribution in [3.8, 4) is 0 Å². The van der Waals surface area contributed by atoms with Crippen LogP contribution in [0.1, 0.15) is 10.4 Å². The topological polar surface area (TPSA) is 49.8 Å². The second-order valence-electron chi connectivity index (χ2n) is 3.53. The summed E-state index contributed by atoms with van der Waals surface area (Å²) in [5.41, 5.74) is 1.33. The molecule has 0 unspecified atom stereocenters. The molecule has 0 saturated carbocycles. The molecule has 1 rings (SSSR count). The fraction of sp³-hybridized carbons (Fsp3) is 0.417. The molecule has 0 aliphatic rings. The van der Waals surface area contributed by atoms with Gasteiger partial charge in [0.05, 0.1) is 23.9 Å². The minimum Gasteiger partial charge on any atom is -0.395 e. The zero-order valence-electron chi connectivity index (χ0n) is 9.73. The van der Waals surface area contributed by atoms with Gasteiger partial charge in [-0.3, -0.25) is 4.79 Å². The molecule has 0 radical (unpaired) electrons. The number of aldehydes is 1. The van der Waals surface area contributed by atoms with Crippen molar-refractivity contribution in [2.24, 2.45) is 0 Å². The lowest BCUT2D eigenvalue weighted by Crippen LogP contribution is -2.30. The number of nitrogens with zero attached hydrogens (tertiary/aromatic N) is 1. The average molecular weight is 258 g/mol. The van der Waals surface area contributed by atoms with E-state index in [-0.39, 0.29) is 6.61 Å². The Bertz CT molecular complexity index is 371. The number of ether oxygens (including phenoxy) is 1. The Morgan fingerprint density at radius 1 is 1.47 bits per heavy atom. The molecular formula is C12H16ClNO3. The predicted octanol–water partition coefficient (Wildman–Crippen LogP) is 1.60. The maximum Gasteiger partial charge on any atom is 0.150 e. The number of rotatable bonds is 7. The van der Waals surface area contributed by atoms with Crippen LogP contribution in [-0.2, 0) is 4.74 Å². The van der Waals surface area contributed by atoms with E-state index in [9.17, 15) is 4.79 Å². The van der Waals surface area contributed by atoms with Crippen LogP contribution < -0.4 is 4.90 Å². The summed E-state index contributed by atoms with van der Waals surface area (Å²) in [6.07, 6.45) is 0.751. The normalized spacial score (nSPS) is 10.3. The second kappa shape index (κ2) is 7.27. The summed E-state index contributed by atoms with van der Waals surface area (Å²) in [5.74, 6) is 0. The van der Waals surface area contributed by atoms with Crippen molar-refractivity contribution in [3.05, 3.63) is 28.8 Å². The molecule has 1 aromatic rings. The van der Waals surface area contributed by atoms with Crippen LogP contribution in [0.4, 0.5) is 5.69 Å². The molecule has 0 fully saturated rings. The van der Waals surface area contributed by atoms with Crippen molar-refractivity contribution < 1.29 is 14.6 Å². The third-order valence-corrected chi connectivity index (χ3v) is 2.69. The third-order valence-electron chi connectivity index (χ3n) is 2.38. The highest BCUT2D eigenvalue weighted by Gasteiger charge is 2.10. The number of carbonyl (C=O) groups is 1. The van der Waals surface area contributed by atoms with Gasteiger partial charge in [0.2, 0.25) is 0 Å². The molecule has 17 heavy (non-hydrogen) atoms. The summed E-state index contributed by atoms with van der Waals surface area (Å²) in [6, 6.07) is 5.09. The molecule has 0 saturated heterocycles. The summed E-state index contributed by atoms with van der Waals surface area (Å²) >= 11 is 6.09.